The van der Waals surface area contributed by atoms with Gasteiger partial charge in [0.15, 0.2) is 5.82 Å². The molecule has 0 saturated carbocycles. The SMILES string of the molecule is Cc1c(C#Cc2cnn(CCN3CCC(Nc4cccc5c4CN(C4CCC(=O)NC4=O)C5=O)CC3)c2)sc2c1C(c1ccc(Cl)cc1)=N[C@@H](C)c1nnc(C)n1-2. The van der Waals surface area contributed by atoms with Crippen molar-refractivity contribution in [1.29, 1.82) is 0 Å². The molecule has 3 amide bonds. The van der Waals surface area contributed by atoms with Crippen molar-refractivity contribution in [3.8, 4) is 16.8 Å². The topological polar surface area (TPSA) is 143 Å². The lowest BCUT2D eigenvalue weighted by Gasteiger charge is -2.33. The number of piperidine rings is 2. The maximum atomic E-state index is 13.3. The molecule has 2 aromatic carbocycles. The Balaban J connectivity index is 0.829. The van der Waals surface area contributed by atoms with Crippen LogP contribution in [0, 0.1) is 25.7 Å². The largest absolute Gasteiger partial charge is 0.382 e. The lowest BCUT2D eigenvalue weighted by molar-refractivity contribution is -0.136. The van der Waals surface area contributed by atoms with Crippen molar-refractivity contribution in [2.75, 3.05) is 25.0 Å². The van der Waals surface area contributed by atoms with Crippen LogP contribution in [0.5, 0.6) is 0 Å². The minimum Gasteiger partial charge on any atom is -0.382 e. The van der Waals surface area contributed by atoms with Crippen LogP contribution in [-0.4, -0.2) is 89.5 Å². The molecule has 2 N–H and O–H groups in total. The fourth-order valence-corrected chi connectivity index (χ4v) is 9.61. The second kappa shape index (κ2) is 15.0. The highest BCUT2D eigenvalue weighted by molar-refractivity contribution is 7.15. The zero-order valence-electron chi connectivity index (χ0n) is 31.9. The number of nitrogens with zero attached hydrogens (tertiary/aromatic N) is 8. The van der Waals surface area contributed by atoms with E-state index in [1.165, 1.54) is 0 Å². The van der Waals surface area contributed by atoms with Crippen molar-refractivity contribution < 1.29 is 14.4 Å². The fourth-order valence-electron chi connectivity index (χ4n) is 8.26. The number of imide groups is 1. The third kappa shape index (κ3) is 7.04. The molecule has 15 heteroatoms. The minimum atomic E-state index is -0.625. The highest BCUT2D eigenvalue weighted by atomic mass is 35.5. The Bertz CT molecular complexity index is 2520. The Hall–Kier alpha value is -5.62. The monoisotopic (exact) mass is 800 g/mol. The van der Waals surface area contributed by atoms with E-state index in [0.29, 0.717) is 23.6 Å². The molecule has 9 rings (SSSR count). The Morgan fingerprint density at radius 3 is 2.60 bits per heavy atom. The number of fused-ring (bicyclic) bond motifs is 4. The van der Waals surface area contributed by atoms with Gasteiger partial charge in [0.05, 0.1) is 28.9 Å². The van der Waals surface area contributed by atoms with Crippen molar-refractivity contribution in [2.24, 2.45) is 4.99 Å². The summed E-state index contributed by atoms with van der Waals surface area (Å²) in [6.45, 7) is 9.99. The number of nitrogens with one attached hydrogen (secondary N) is 2. The number of halogens is 1. The Morgan fingerprint density at radius 1 is 1.00 bits per heavy atom. The van der Waals surface area contributed by atoms with Gasteiger partial charge in [0.2, 0.25) is 11.8 Å². The lowest BCUT2D eigenvalue weighted by Crippen LogP contribution is -2.52. The number of carbonyl (C=O) groups is 3. The summed E-state index contributed by atoms with van der Waals surface area (Å²) in [7, 11) is 0. The predicted molar refractivity (Wildman–Crippen MR) is 218 cm³/mol. The van der Waals surface area contributed by atoms with Gasteiger partial charge in [-0.2, -0.15) is 5.10 Å². The van der Waals surface area contributed by atoms with Crippen LogP contribution in [0.25, 0.3) is 5.00 Å². The van der Waals surface area contributed by atoms with Crippen molar-refractivity contribution in [3.05, 3.63) is 110 Å². The smallest absolute Gasteiger partial charge is 0.255 e. The number of aliphatic imine (C=N–C) groups is 1. The first-order valence-electron chi connectivity index (χ1n) is 19.3. The van der Waals surface area contributed by atoms with Gasteiger partial charge in [-0.1, -0.05) is 41.6 Å². The predicted octanol–water partition coefficient (Wildman–Crippen LogP) is 5.44. The Labute approximate surface area is 339 Å². The number of anilines is 1. The summed E-state index contributed by atoms with van der Waals surface area (Å²) in [4.78, 5) is 47.6. The summed E-state index contributed by atoms with van der Waals surface area (Å²) in [5.41, 5.74) is 7.32. The quantitative estimate of drug-likeness (QED) is 0.164. The molecule has 1 unspecified atom stereocenters. The molecular weight excluding hydrogens is 760 g/mol. The maximum absolute atomic E-state index is 13.3. The summed E-state index contributed by atoms with van der Waals surface area (Å²) in [5.74, 6) is 7.58. The van der Waals surface area contributed by atoms with E-state index in [-0.39, 0.29) is 30.3 Å². The standard InChI is InChI=1S/C42H41ClN10O3S/c1-24-35(57-42-37(24)38(28-8-10-29(43)11-9-28)45-25(2)39-49-48-26(3)53(39)42)13-7-27-21-44-51(22-27)20-19-50-17-15-30(16-18-50)46-33-6-4-5-31-32(33)23-52(41(31)56)34-12-14-36(54)47-40(34)55/h4-6,8-11,21-22,25,30,34,46H,12,14-20,23H2,1-3H3,(H,47,54,55)/t25-,34?/m0/s1. The van der Waals surface area contributed by atoms with Gasteiger partial charge in [-0.3, -0.25) is 33.9 Å². The van der Waals surface area contributed by atoms with Gasteiger partial charge in [-0.05, 0) is 69.9 Å². The summed E-state index contributed by atoms with van der Waals surface area (Å²) in [5, 5.41) is 21.3. The summed E-state index contributed by atoms with van der Waals surface area (Å²) in [6.07, 6.45) is 6.36. The van der Waals surface area contributed by atoms with Gasteiger partial charge >= 0.3 is 0 Å². The first-order valence-corrected chi connectivity index (χ1v) is 20.5. The normalized spacial score (nSPS) is 19.6. The first kappa shape index (κ1) is 37.0. The summed E-state index contributed by atoms with van der Waals surface area (Å²) >= 11 is 7.87. The third-order valence-corrected chi connectivity index (χ3v) is 12.8. The van der Waals surface area contributed by atoms with Gasteiger partial charge in [0.25, 0.3) is 5.91 Å². The van der Waals surface area contributed by atoms with E-state index in [1.54, 1.807) is 16.2 Å². The molecule has 2 atom stereocenters. The molecule has 4 aliphatic rings. The van der Waals surface area contributed by atoms with Crippen LogP contribution < -0.4 is 10.6 Å². The van der Waals surface area contributed by atoms with Crippen LogP contribution in [-0.2, 0) is 22.7 Å². The number of benzene rings is 2. The molecule has 0 spiro atoms. The van der Waals surface area contributed by atoms with Crippen molar-refractivity contribution >= 4 is 52.1 Å². The minimum absolute atomic E-state index is 0.156. The Morgan fingerprint density at radius 2 is 1.81 bits per heavy atom. The molecule has 290 valence electrons. The highest BCUT2D eigenvalue weighted by Gasteiger charge is 2.40. The van der Waals surface area contributed by atoms with Crippen LogP contribution in [0.2, 0.25) is 5.02 Å². The number of thiophene rings is 1. The molecule has 0 aliphatic carbocycles. The van der Waals surface area contributed by atoms with Crippen molar-refractivity contribution in [2.45, 2.75) is 77.7 Å². The molecule has 13 nitrogen and oxygen atoms in total. The summed E-state index contributed by atoms with van der Waals surface area (Å²) < 4.78 is 4.07. The average Bonchev–Trinajstić information content (AvgIpc) is 3.97. The second-order valence-electron chi connectivity index (χ2n) is 15.1. The van der Waals surface area contributed by atoms with Gasteiger partial charge in [-0.15, -0.1) is 21.5 Å². The molecule has 0 radical (unpaired) electrons. The number of hydrogen-bond acceptors (Lipinski definition) is 10. The van der Waals surface area contributed by atoms with Crippen LogP contribution in [0.1, 0.15) is 93.4 Å². The molecule has 0 bridgehead atoms. The van der Waals surface area contributed by atoms with Crippen molar-refractivity contribution in [3.63, 3.8) is 0 Å². The second-order valence-corrected chi connectivity index (χ2v) is 16.5. The van der Waals surface area contributed by atoms with E-state index in [1.807, 2.05) is 73.4 Å². The molecule has 57 heavy (non-hydrogen) atoms. The van der Waals surface area contributed by atoms with Gasteiger partial charge in [-0.25, -0.2) is 0 Å². The van der Waals surface area contributed by atoms with E-state index in [9.17, 15) is 14.4 Å². The molecule has 7 heterocycles. The van der Waals surface area contributed by atoms with Crippen LogP contribution in [0.15, 0.2) is 59.9 Å². The first-order chi connectivity index (χ1) is 27.6. The van der Waals surface area contributed by atoms with Gasteiger partial charge in [0.1, 0.15) is 22.9 Å². The number of likely N-dealkylation sites (tertiary alicyclic amines) is 1. The molecule has 2 fully saturated rings. The highest BCUT2D eigenvalue weighted by Crippen LogP contribution is 2.39. The maximum Gasteiger partial charge on any atom is 0.255 e. The molecule has 4 aliphatic heterocycles. The van der Waals surface area contributed by atoms with E-state index in [4.69, 9.17) is 16.6 Å². The molecule has 3 aromatic heterocycles. The zero-order chi connectivity index (χ0) is 39.4. The average molecular weight is 801 g/mol. The molecule has 2 saturated heterocycles. The third-order valence-electron chi connectivity index (χ3n) is 11.4. The number of carbonyl (C=O) groups excluding carboxylic acids is 3. The van der Waals surface area contributed by atoms with Gasteiger partial charge in [0, 0.05) is 77.8 Å². The van der Waals surface area contributed by atoms with Crippen molar-refractivity contribution in [1.82, 2.24) is 39.7 Å². The number of aryl methyl sites for hydroxylation is 1. The Kier molecular flexibility index (Phi) is 9.76. The number of aromatic nitrogens is 5. The number of amides is 3. The van der Waals surface area contributed by atoms with Crippen LogP contribution in [0.4, 0.5) is 5.69 Å². The fraction of sp³-hybridized carbons (Fsp3) is 0.357. The number of rotatable bonds is 7. The van der Waals surface area contributed by atoms with Crippen LogP contribution >= 0.6 is 22.9 Å². The van der Waals surface area contributed by atoms with E-state index in [0.717, 1.165) is 99.8 Å². The lowest BCUT2D eigenvalue weighted by atomic mass is 9.99. The van der Waals surface area contributed by atoms with Gasteiger partial charge < -0.3 is 15.1 Å². The van der Waals surface area contributed by atoms with E-state index >= 15 is 0 Å². The zero-order valence-corrected chi connectivity index (χ0v) is 33.5. The van der Waals surface area contributed by atoms with E-state index in [2.05, 4.69) is 54.2 Å². The summed E-state index contributed by atoms with van der Waals surface area (Å²) in [6, 6.07) is 13.0. The molecule has 5 aromatic rings. The number of hydrogen-bond donors (Lipinski definition) is 2. The molecular formula is C42H41ClN10O3S. The van der Waals surface area contributed by atoms with E-state index < -0.39 is 11.9 Å². The van der Waals surface area contributed by atoms with Crippen LogP contribution in [0.3, 0.4) is 0 Å².